The summed E-state index contributed by atoms with van der Waals surface area (Å²) in [4.78, 5) is 12.1. The molecule has 3 nitrogen and oxygen atoms in total. The minimum atomic E-state index is -0.0903. The molecular formula is C17H10INO2. The molecule has 1 aliphatic heterocycles. The molecule has 1 aromatic heterocycles. The molecule has 21 heavy (non-hydrogen) atoms. The van der Waals surface area contributed by atoms with Crippen molar-refractivity contribution in [3.8, 4) is 0 Å². The van der Waals surface area contributed by atoms with E-state index in [1.165, 1.54) is 0 Å². The van der Waals surface area contributed by atoms with Crippen LogP contribution >= 0.6 is 22.6 Å². The second-order valence-corrected chi connectivity index (χ2v) is 6.13. The van der Waals surface area contributed by atoms with E-state index in [9.17, 15) is 4.79 Å². The van der Waals surface area contributed by atoms with Gasteiger partial charge in [0.25, 0.3) is 5.91 Å². The number of carbonyl (C=O) groups is 1. The molecule has 102 valence electrons. The number of anilines is 1. The highest BCUT2D eigenvalue weighted by atomic mass is 127. The molecule has 2 aromatic carbocycles. The summed E-state index contributed by atoms with van der Waals surface area (Å²) in [5, 5.41) is 3.91. The first-order valence-corrected chi connectivity index (χ1v) is 7.60. The number of para-hydroxylation sites is 1. The maximum absolute atomic E-state index is 12.1. The van der Waals surface area contributed by atoms with Crippen LogP contribution in [0.3, 0.4) is 0 Å². The Kier molecular flexibility index (Phi) is 2.85. The predicted molar refractivity (Wildman–Crippen MR) is 91.9 cm³/mol. The summed E-state index contributed by atoms with van der Waals surface area (Å²) < 4.78 is 6.86. The van der Waals surface area contributed by atoms with Crippen molar-refractivity contribution in [1.82, 2.24) is 0 Å². The van der Waals surface area contributed by atoms with E-state index in [1.807, 2.05) is 48.5 Å². The summed E-state index contributed by atoms with van der Waals surface area (Å²) in [6.07, 6.45) is 1.80. The van der Waals surface area contributed by atoms with Crippen molar-refractivity contribution in [2.24, 2.45) is 0 Å². The van der Waals surface area contributed by atoms with Crippen LogP contribution in [0.4, 0.5) is 5.69 Å². The van der Waals surface area contributed by atoms with Gasteiger partial charge in [0.15, 0.2) is 0 Å². The van der Waals surface area contributed by atoms with Gasteiger partial charge in [0.2, 0.25) is 0 Å². The van der Waals surface area contributed by atoms with E-state index in [0.717, 1.165) is 25.8 Å². The molecule has 1 N–H and O–H groups in total. The van der Waals surface area contributed by atoms with Crippen LogP contribution < -0.4 is 5.32 Å². The molecule has 0 radical (unpaired) electrons. The average molecular weight is 387 g/mol. The number of benzene rings is 2. The number of carbonyl (C=O) groups excluding carboxylic acids is 1. The van der Waals surface area contributed by atoms with Crippen molar-refractivity contribution < 1.29 is 9.21 Å². The van der Waals surface area contributed by atoms with Crippen molar-refractivity contribution in [3.05, 3.63) is 63.4 Å². The number of furan rings is 1. The zero-order chi connectivity index (χ0) is 14.4. The number of nitrogens with one attached hydrogen (secondary N) is 1. The fourth-order valence-corrected chi connectivity index (χ4v) is 3.01. The number of fused-ring (bicyclic) bond motifs is 2. The van der Waals surface area contributed by atoms with Gasteiger partial charge in [0, 0.05) is 20.2 Å². The van der Waals surface area contributed by atoms with Crippen LogP contribution in [-0.4, -0.2) is 5.91 Å². The molecular weight excluding hydrogens is 377 g/mol. The van der Waals surface area contributed by atoms with Gasteiger partial charge in [-0.05, 0) is 59.0 Å². The molecule has 0 saturated heterocycles. The maximum Gasteiger partial charge on any atom is 0.256 e. The maximum atomic E-state index is 12.1. The van der Waals surface area contributed by atoms with Gasteiger partial charge in [0.05, 0.1) is 5.57 Å². The predicted octanol–water partition coefficient (Wildman–Crippen LogP) is 4.53. The molecule has 0 aliphatic carbocycles. The number of rotatable bonds is 1. The fraction of sp³-hybridized carbons (Fsp3) is 0. The fourth-order valence-electron chi connectivity index (χ4n) is 2.52. The summed E-state index contributed by atoms with van der Waals surface area (Å²) in [5.41, 5.74) is 3.24. The Bertz CT molecular complexity index is 875. The topological polar surface area (TPSA) is 42.2 Å². The summed E-state index contributed by atoms with van der Waals surface area (Å²) in [5.74, 6) is 0.598. The van der Waals surface area contributed by atoms with Crippen LogP contribution in [0.1, 0.15) is 11.3 Å². The first kappa shape index (κ1) is 12.6. The van der Waals surface area contributed by atoms with Gasteiger partial charge in [0.1, 0.15) is 11.3 Å². The molecule has 0 unspecified atom stereocenters. The van der Waals surface area contributed by atoms with Gasteiger partial charge in [-0.2, -0.15) is 0 Å². The lowest BCUT2D eigenvalue weighted by Gasteiger charge is -1.98. The second kappa shape index (κ2) is 4.73. The molecule has 0 saturated carbocycles. The van der Waals surface area contributed by atoms with Crippen LogP contribution in [0.2, 0.25) is 0 Å². The van der Waals surface area contributed by atoms with Gasteiger partial charge < -0.3 is 9.73 Å². The largest absolute Gasteiger partial charge is 0.457 e. The van der Waals surface area contributed by atoms with E-state index in [1.54, 1.807) is 6.08 Å². The third kappa shape index (κ3) is 2.15. The summed E-state index contributed by atoms with van der Waals surface area (Å²) in [6, 6.07) is 15.7. The molecule has 3 aromatic rings. The lowest BCUT2D eigenvalue weighted by atomic mass is 10.1. The first-order valence-electron chi connectivity index (χ1n) is 6.52. The Labute approximate surface area is 134 Å². The molecule has 0 atom stereocenters. The normalized spacial score (nSPS) is 15.5. The van der Waals surface area contributed by atoms with Crippen LogP contribution in [0.25, 0.3) is 22.6 Å². The SMILES string of the molecule is O=C1Nc2ccc(I)cc2C1=Cc1cc2ccccc2o1. The van der Waals surface area contributed by atoms with Gasteiger partial charge in [-0.15, -0.1) is 0 Å². The average Bonchev–Trinajstić information content (AvgIpc) is 3.01. The van der Waals surface area contributed by atoms with E-state index in [0.29, 0.717) is 11.3 Å². The first-order chi connectivity index (χ1) is 10.2. The number of hydrogen-bond donors (Lipinski definition) is 1. The van der Waals surface area contributed by atoms with Gasteiger partial charge in [-0.3, -0.25) is 4.79 Å². The van der Waals surface area contributed by atoms with Crippen molar-refractivity contribution >= 4 is 56.8 Å². The molecule has 0 fully saturated rings. The number of halogens is 1. The lowest BCUT2D eigenvalue weighted by molar-refractivity contribution is -0.110. The quantitative estimate of drug-likeness (QED) is 0.493. The monoisotopic (exact) mass is 387 g/mol. The van der Waals surface area contributed by atoms with Crippen LogP contribution in [0, 0.1) is 3.57 Å². The molecule has 0 spiro atoms. The Morgan fingerprint density at radius 3 is 2.81 bits per heavy atom. The molecule has 1 amide bonds. The third-order valence-corrected chi connectivity index (χ3v) is 4.17. The number of hydrogen-bond acceptors (Lipinski definition) is 2. The van der Waals surface area contributed by atoms with Gasteiger partial charge >= 0.3 is 0 Å². The van der Waals surface area contributed by atoms with Crippen LogP contribution in [0.5, 0.6) is 0 Å². The van der Waals surface area contributed by atoms with Crippen molar-refractivity contribution in [1.29, 1.82) is 0 Å². The second-order valence-electron chi connectivity index (χ2n) is 4.89. The smallest absolute Gasteiger partial charge is 0.256 e. The van der Waals surface area contributed by atoms with E-state index < -0.39 is 0 Å². The molecule has 4 rings (SSSR count). The minimum Gasteiger partial charge on any atom is -0.457 e. The van der Waals surface area contributed by atoms with E-state index in [-0.39, 0.29) is 5.91 Å². The lowest BCUT2D eigenvalue weighted by Crippen LogP contribution is -2.03. The van der Waals surface area contributed by atoms with Gasteiger partial charge in [-0.25, -0.2) is 0 Å². The zero-order valence-electron chi connectivity index (χ0n) is 10.9. The third-order valence-electron chi connectivity index (χ3n) is 3.50. The number of amides is 1. The van der Waals surface area contributed by atoms with Crippen molar-refractivity contribution in [3.63, 3.8) is 0 Å². The highest BCUT2D eigenvalue weighted by molar-refractivity contribution is 14.1. The Morgan fingerprint density at radius 1 is 1.10 bits per heavy atom. The molecule has 2 heterocycles. The summed E-state index contributed by atoms with van der Waals surface area (Å²) >= 11 is 2.24. The van der Waals surface area contributed by atoms with Crippen LogP contribution in [-0.2, 0) is 4.79 Å². The van der Waals surface area contributed by atoms with Crippen molar-refractivity contribution in [2.75, 3.05) is 5.32 Å². The highest BCUT2D eigenvalue weighted by Crippen LogP contribution is 2.34. The van der Waals surface area contributed by atoms with E-state index in [4.69, 9.17) is 4.42 Å². The van der Waals surface area contributed by atoms with E-state index >= 15 is 0 Å². The Balaban J connectivity index is 1.86. The zero-order valence-corrected chi connectivity index (χ0v) is 13.0. The molecule has 4 heteroatoms. The van der Waals surface area contributed by atoms with E-state index in [2.05, 4.69) is 27.9 Å². The molecule has 1 aliphatic rings. The molecule has 0 bridgehead atoms. The Hall–Kier alpha value is -2.08. The highest BCUT2D eigenvalue weighted by Gasteiger charge is 2.24. The standard InChI is InChI=1S/C17H10INO2/c18-11-5-6-15-13(8-11)14(17(20)19-15)9-12-7-10-3-1-2-4-16(10)21-12/h1-9H,(H,19,20). The summed E-state index contributed by atoms with van der Waals surface area (Å²) in [7, 11) is 0. The van der Waals surface area contributed by atoms with Crippen LogP contribution in [0.15, 0.2) is 52.9 Å². The Morgan fingerprint density at radius 2 is 1.95 bits per heavy atom. The summed E-state index contributed by atoms with van der Waals surface area (Å²) in [6.45, 7) is 0. The van der Waals surface area contributed by atoms with Crippen molar-refractivity contribution in [2.45, 2.75) is 0 Å². The van der Waals surface area contributed by atoms with Gasteiger partial charge in [-0.1, -0.05) is 18.2 Å². The minimum absolute atomic E-state index is 0.0903.